The smallest absolute Gasteiger partial charge is 0.387 e. The van der Waals surface area contributed by atoms with Gasteiger partial charge in [0.2, 0.25) is 0 Å². The number of aromatic nitrogens is 2. The van der Waals surface area contributed by atoms with E-state index in [0.29, 0.717) is 23.4 Å². The fraction of sp³-hybridized carbons (Fsp3) is 0.294. The number of ether oxygens (including phenoxy) is 2. The van der Waals surface area contributed by atoms with Crippen LogP contribution in [-0.2, 0) is 7.05 Å². The summed E-state index contributed by atoms with van der Waals surface area (Å²) in [5, 5.41) is 4.12. The Hall–Kier alpha value is -2.70. The lowest BCUT2D eigenvalue weighted by atomic mass is 10.1. The van der Waals surface area contributed by atoms with Crippen molar-refractivity contribution in [1.29, 1.82) is 0 Å². The zero-order chi connectivity index (χ0) is 17.7. The Balaban J connectivity index is 2.21. The number of hydrogen-bond donors (Lipinski definition) is 0. The first-order chi connectivity index (χ1) is 11.4. The number of carbonyl (C=O) groups is 1. The SMILES string of the molecule is CCOc1cc(/C=C/C(=O)c2cn(C)nc2C)ccc1OC(F)F. The van der Waals surface area contributed by atoms with Crippen LogP contribution in [0.4, 0.5) is 8.78 Å². The van der Waals surface area contributed by atoms with Crippen LogP contribution in [0, 0.1) is 6.92 Å². The molecule has 2 rings (SSSR count). The van der Waals surface area contributed by atoms with Gasteiger partial charge in [-0.25, -0.2) is 0 Å². The molecular formula is C17H18F2N2O3. The quantitative estimate of drug-likeness (QED) is 0.572. The van der Waals surface area contributed by atoms with Gasteiger partial charge in [0, 0.05) is 13.2 Å². The van der Waals surface area contributed by atoms with E-state index >= 15 is 0 Å². The third-order valence-corrected chi connectivity index (χ3v) is 3.19. The molecule has 0 radical (unpaired) electrons. The lowest BCUT2D eigenvalue weighted by Gasteiger charge is -2.11. The summed E-state index contributed by atoms with van der Waals surface area (Å²) in [4.78, 5) is 12.2. The maximum absolute atomic E-state index is 12.4. The van der Waals surface area contributed by atoms with Crippen LogP contribution in [0.1, 0.15) is 28.5 Å². The minimum atomic E-state index is -2.93. The van der Waals surface area contributed by atoms with Crippen molar-refractivity contribution in [1.82, 2.24) is 9.78 Å². The number of alkyl halides is 2. The van der Waals surface area contributed by atoms with E-state index in [4.69, 9.17) is 4.74 Å². The zero-order valence-corrected chi connectivity index (χ0v) is 13.6. The maximum atomic E-state index is 12.4. The number of rotatable bonds is 7. The summed E-state index contributed by atoms with van der Waals surface area (Å²) in [5.74, 6) is -0.0325. The van der Waals surface area contributed by atoms with E-state index in [1.807, 2.05) is 0 Å². The number of halogens is 2. The number of benzene rings is 1. The minimum absolute atomic E-state index is 0.0431. The summed E-state index contributed by atoms with van der Waals surface area (Å²) >= 11 is 0. The Kier molecular flexibility index (Phi) is 5.68. The van der Waals surface area contributed by atoms with Crippen LogP contribution in [0.15, 0.2) is 30.5 Å². The highest BCUT2D eigenvalue weighted by molar-refractivity contribution is 6.07. The molecule has 0 aliphatic rings. The molecule has 0 aliphatic heterocycles. The second-order valence-corrected chi connectivity index (χ2v) is 5.02. The second-order valence-electron chi connectivity index (χ2n) is 5.02. The predicted molar refractivity (Wildman–Crippen MR) is 85.6 cm³/mol. The molecule has 128 valence electrons. The molecule has 0 fully saturated rings. The Labute approximate surface area is 138 Å². The van der Waals surface area contributed by atoms with E-state index in [0.717, 1.165) is 0 Å². The van der Waals surface area contributed by atoms with Crippen molar-refractivity contribution in [3.8, 4) is 11.5 Å². The van der Waals surface area contributed by atoms with Gasteiger partial charge in [-0.1, -0.05) is 12.1 Å². The Morgan fingerprint density at radius 3 is 2.71 bits per heavy atom. The van der Waals surface area contributed by atoms with Crippen molar-refractivity contribution in [3.63, 3.8) is 0 Å². The van der Waals surface area contributed by atoms with Gasteiger partial charge in [-0.05, 0) is 37.6 Å². The predicted octanol–water partition coefficient (Wildman–Crippen LogP) is 3.62. The summed E-state index contributed by atoms with van der Waals surface area (Å²) < 4.78 is 36.0. The number of aryl methyl sites for hydroxylation is 2. The topological polar surface area (TPSA) is 53.4 Å². The molecule has 1 heterocycles. The number of nitrogens with zero attached hydrogens (tertiary/aromatic N) is 2. The molecule has 7 heteroatoms. The zero-order valence-electron chi connectivity index (χ0n) is 13.6. The fourth-order valence-electron chi connectivity index (χ4n) is 2.19. The second kappa shape index (κ2) is 7.72. The summed E-state index contributed by atoms with van der Waals surface area (Å²) in [6.45, 7) is 0.870. The molecule has 0 atom stereocenters. The third-order valence-electron chi connectivity index (χ3n) is 3.19. The number of hydrogen-bond acceptors (Lipinski definition) is 4. The lowest BCUT2D eigenvalue weighted by Crippen LogP contribution is -2.04. The Morgan fingerprint density at radius 2 is 2.12 bits per heavy atom. The van der Waals surface area contributed by atoms with E-state index in [9.17, 15) is 13.6 Å². The van der Waals surface area contributed by atoms with Crippen LogP contribution in [0.2, 0.25) is 0 Å². The van der Waals surface area contributed by atoms with Crippen LogP contribution in [0.25, 0.3) is 6.08 Å². The molecular weight excluding hydrogens is 318 g/mol. The summed E-state index contributed by atoms with van der Waals surface area (Å²) in [5.41, 5.74) is 1.79. The third kappa shape index (κ3) is 4.41. The summed E-state index contributed by atoms with van der Waals surface area (Å²) in [7, 11) is 1.74. The van der Waals surface area contributed by atoms with Crippen molar-refractivity contribution >= 4 is 11.9 Å². The molecule has 0 unspecified atom stereocenters. The van der Waals surface area contributed by atoms with Crippen LogP contribution in [-0.4, -0.2) is 28.8 Å². The van der Waals surface area contributed by atoms with Crippen molar-refractivity contribution in [2.75, 3.05) is 6.61 Å². The fourth-order valence-corrected chi connectivity index (χ4v) is 2.19. The highest BCUT2D eigenvalue weighted by Crippen LogP contribution is 2.30. The van der Waals surface area contributed by atoms with Gasteiger partial charge in [0.05, 0.1) is 17.9 Å². The maximum Gasteiger partial charge on any atom is 0.387 e. The van der Waals surface area contributed by atoms with Crippen molar-refractivity contribution in [2.45, 2.75) is 20.5 Å². The first kappa shape index (κ1) is 17.7. The average Bonchev–Trinajstić information content (AvgIpc) is 2.85. The molecule has 1 aromatic heterocycles. The largest absolute Gasteiger partial charge is 0.490 e. The molecule has 0 amide bonds. The first-order valence-electron chi connectivity index (χ1n) is 7.35. The Morgan fingerprint density at radius 1 is 1.38 bits per heavy atom. The minimum Gasteiger partial charge on any atom is -0.490 e. The molecule has 5 nitrogen and oxygen atoms in total. The number of ketones is 1. The molecule has 0 spiro atoms. The molecule has 0 saturated carbocycles. The summed E-state index contributed by atoms with van der Waals surface area (Å²) in [6.07, 6.45) is 4.64. The highest BCUT2D eigenvalue weighted by Gasteiger charge is 2.12. The van der Waals surface area contributed by atoms with E-state index in [1.165, 1.54) is 12.1 Å². The van der Waals surface area contributed by atoms with E-state index in [1.54, 1.807) is 50.0 Å². The molecule has 2 aromatic rings. The van der Waals surface area contributed by atoms with Gasteiger partial charge in [0.25, 0.3) is 0 Å². The average molecular weight is 336 g/mol. The molecule has 0 bridgehead atoms. The van der Waals surface area contributed by atoms with Gasteiger partial charge in [0.1, 0.15) is 0 Å². The summed E-state index contributed by atoms with van der Waals surface area (Å²) in [6, 6.07) is 4.50. The van der Waals surface area contributed by atoms with Crippen LogP contribution in [0.3, 0.4) is 0 Å². The molecule has 0 saturated heterocycles. The van der Waals surface area contributed by atoms with E-state index < -0.39 is 6.61 Å². The molecule has 0 N–H and O–H groups in total. The van der Waals surface area contributed by atoms with E-state index in [2.05, 4.69) is 9.84 Å². The van der Waals surface area contributed by atoms with Gasteiger partial charge in [-0.2, -0.15) is 13.9 Å². The normalized spacial score (nSPS) is 11.2. The van der Waals surface area contributed by atoms with Crippen molar-refractivity contribution < 1.29 is 23.0 Å². The Bertz CT molecular complexity index is 754. The van der Waals surface area contributed by atoms with E-state index in [-0.39, 0.29) is 17.3 Å². The lowest BCUT2D eigenvalue weighted by molar-refractivity contribution is -0.0514. The number of carbonyl (C=O) groups excluding carboxylic acids is 1. The van der Waals surface area contributed by atoms with Crippen molar-refractivity contribution in [2.24, 2.45) is 7.05 Å². The van der Waals surface area contributed by atoms with Crippen LogP contribution in [0.5, 0.6) is 11.5 Å². The van der Waals surface area contributed by atoms with Gasteiger partial charge in [-0.3, -0.25) is 9.48 Å². The molecule has 0 aliphatic carbocycles. The molecule has 1 aromatic carbocycles. The van der Waals surface area contributed by atoms with Crippen molar-refractivity contribution in [3.05, 3.63) is 47.3 Å². The van der Waals surface area contributed by atoms with Crippen LogP contribution < -0.4 is 9.47 Å². The molecule has 24 heavy (non-hydrogen) atoms. The standard InChI is InChI=1S/C17H18F2N2O3/c1-4-23-16-9-12(6-8-15(16)24-17(18)19)5-7-14(22)13-10-21(3)20-11(13)2/h5-10,17H,4H2,1-3H3/b7-5+. The monoisotopic (exact) mass is 336 g/mol. The van der Waals surface area contributed by atoms with Gasteiger partial charge >= 0.3 is 6.61 Å². The van der Waals surface area contributed by atoms with Gasteiger partial charge < -0.3 is 9.47 Å². The number of allylic oxidation sites excluding steroid dienone is 1. The highest BCUT2D eigenvalue weighted by atomic mass is 19.3. The van der Waals surface area contributed by atoms with Crippen LogP contribution >= 0.6 is 0 Å². The van der Waals surface area contributed by atoms with Gasteiger partial charge in [-0.15, -0.1) is 0 Å². The van der Waals surface area contributed by atoms with Gasteiger partial charge in [0.15, 0.2) is 17.3 Å². The first-order valence-corrected chi connectivity index (χ1v) is 7.35.